The average molecular weight is 313 g/mol. The molecular formula is C18H23N3O2. The van der Waals surface area contributed by atoms with Gasteiger partial charge in [0, 0.05) is 43.4 Å². The SMILES string of the molecule is O=C(NCCCn1ccc2ccccc21)N[C@@H]1C=C[C@H](CO)C1. The van der Waals surface area contributed by atoms with E-state index in [1.165, 1.54) is 10.9 Å². The maximum Gasteiger partial charge on any atom is 0.315 e. The summed E-state index contributed by atoms with van der Waals surface area (Å²) in [6, 6.07) is 10.3. The topological polar surface area (TPSA) is 66.3 Å². The van der Waals surface area contributed by atoms with Crippen LogP contribution in [0.4, 0.5) is 4.79 Å². The second kappa shape index (κ2) is 7.33. The molecule has 23 heavy (non-hydrogen) atoms. The van der Waals surface area contributed by atoms with Crippen LogP contribution in [0.25, 0.3) is 10.9 Å². The third-order valence-electron chi connectivity index (χ3n) is 4.26. The molecule has 3 N–H and O–H groups in total. The molecule has 0 spiro atoms. The van der Waals surface area contributed by atoms with Crippen molar-refractivity contribution in [2.24, 2.45) is 5.92 Å². The van der Waals surface area contributed by atoms with Gasteiger partial charge in [0.1, 0.15) is 0 Å². The molecule has 5 nitrogen and oxygen atoms in total. The molecule has 3 rings (SSSR count). The quantitative estimate of drug-likeness (QED) is 0.566. The molecule has 1 aromatic carbocycles. The molecule has 2 amide bonds. The van der Waals surface area contributed by atoms with Crippen LogP contribution in [-0.2, 0) is 6.54 Å². The number of rotatable bonds is 6. The van der Waals surface area contributed by atoms with Crippen molar-refractivity contribution in [2.75, 3.05) is 13.2 Å². The van der Waals surface area contributed by atoms with Gasteiger partial charge in [-0.25, -0.2) is 4.79 Å². The molecule has 1 heterocycles. The lowest BCUT2D eigenvalue weighted by atomic mass is 10.1. The monoisotopic (exact) mass is 313 g/mol. The van der Waals surface area contributed by atoms with Crippen LogP contribution in [0.5, 0.6) is 0 Å². The Bertz CT molecular complexity index is 692. The number of hydrogen-bond acceptors (Lipinski definition) is 2. The Balaban J connectivity index is 1.38. The lowest BCUT2D eigenvalue weighted by Gasteiger charge is -2.13. The van der Waals surface area contributed by atoms with Crippen molar-refractivity contribution in [2.45, 2.75) is 25.4 Å². The van der Waals surface area contributed by atoms with Gasteiger partial charge < -0.3 is 20.3 Å². The number of carbonyl (C=O) groups excluding carboxylic acids is 1. The van der Waals surface area contributed by atoms with Crippen molar-refractivity contribution in [3.05, 3.63) is 48.7 Å². The van der Waals surface area contributed by atoms with Crippen LogP contribution in [0, 0.1) is 5.92 Å². The Morgan fingerprint density at radius 2 is 2.13 bits per heavy atom. The molecule has 0 aliphatic heterocycles. The van der Waals surface area contributed by atoms with Crippen LogP contribution in [0.3, 0.4) is 0 Å². The second-order valence-electron chi connectivity index (χ2n) is 5.99. The standard InChI is InChI=1S/C18H23N3O2/c22-13-14-6-7-16(12-14)20-18(23)19-9-3-10-21-11-8-15-4-1-2-5-17(15)21/h1-2,4-8,11,14,16,22H,3,9-10,12-13H2,(H2,19,20,23)/t14-,16+/m0/s1. The van der Waals surface area contributed by atoms with Gasteiger partial charge in [-0.15, -0.1) is 0 Å². The van der Waals surface area contributed by atoms with Crippen LogP contribution in [0.2, 0.25) is 0 Å². The second-order valence-corrected chi connectivity index (χ2v) is 5.99. The van der Waals surface area contributed by atoms with Gasteiger partial charge in [0.05, 0.1) is 0 Å². The van der Waals surface area contributed by atoms with Gasteiger partial charge >= 0.3 is 6.03 Å². The summed E-state index contributed by atoms with van der Waals surface area (Å²) in [5, 5.41) is 16.1. The predicted molar refractivity (Wildman–Crippen MR) is 91.2 cm³/mol. The van der Waals surface area contributed by atoms with Crippen molar-refractivity contribution >= 4 is 16.9 Å². The fraction of sp³-hybridized carbons (Fsp3) is 0.389. The van der Waals surface area contributed by atoms with E-state index < -0.39 is 0 Å². The molecule has 0 saturated carbocycles. The van der Waals surface area contributed by atoms with E-state index in [4.69, 9.17) is 5.11 Å². The van der Waals surface area contributed by atoms with Crippen molar-refractivity contribution in [3.63, 3.8) is 0 Å². The molecule has 122 valence electrons. The number of urea groups is 1. The van der Waals surface area contributed by atoms with Crippen LogP contribution < -0.4 is 10.6 Å². The molecule has 0 fully saturated rings. The van der Waals surface area contributed by atoms with Gasteiger partial charge in [-0.05, 0) is 30.4 Å². The number of nitrogens with zero attached hydrogens (tertiary/aromatic N) is 1. The average Bonchev–Trinajstić information content (AvgIpc) is 3.18. The van der Waals surface area contributed by atoms with Crippen molar-refractivity contribution in [1.82, 2.24) is 15.2 Å². The zero-order chi connectivity index (χ0) is 16.1. The van der Waals surface area contributed by atoms with Crippen molar-refractivity contribution < 1.29 is 9.90 Å². The Kier molecular flexibility index (Phi) is 4.98. The van der Waals surface area contributed by atoms with E-state index in [1.54, 1.807) is 0 Å². The summed E-state index contributed by atoms with van der Waals surface area (Å²) in [5.41, 5.74) is 1.23. The Morgan fingerprint density at radius 3 is 2.96 bits per heavy atom. The number of carbonyl (C=O) groups is 1. The smallest absolute Gasteiger partial charge is 0.315 e. The number of fused-ring (bicyclic) bond motifs is 1. The third-order valence-corrected chi connectivity index (χ3v) is 4.26. The lowest BCUT2D eigenvalue weighted by molar-refractivity contribution is 0.231. The zero-order valence-corrected chi connectivity index (χ0v) is 13.1. The molecule has 1 aliphatic carbocycles. The molecule has 0 unspecified atom stereocenters. The van der Waals surface area contributed by atoms with E-state index in [0.29, 0.717) is 6.54 Å². The lowest BCUT2D eigenvalue weighted by Crippen LogP contribution is -2.41. The van der Waals surface area contributed by atoms with Crippen LogP contribution >= 0.6 is 0 Å². The minimum atomic E-state index is -0.143. The summed E-state index contributed by atoms with van der Waals surface area (Å²) in [6.45, 7) is 1.66. The number of benzene rings is 1. The number of aliphatic hydroxyl groups is 1. The van der Waals surface area contributed by atoms with Gasteiger partial charge in [0.2, 0.25) is 0 Å². The van der Waals surface area contributed by atoms with E-state index in [9.17, 15) is 4.79 Å². The Labute approximate surface area is 136 Å². The number of para-hydroxylation sites is 1. The third kappa shape index (κ3) is 3.93. The maximum absolute atomic E-state index is 11.8. The summed E-state index contributed by atoms with van der Waals surface area (Å²) in [7, 11) is 0. The first-order valence-electron chi connectivity index (χ1n) is 8.13. The molecule has 1 aromatic heterocycles. The van der Waals surface area contributed by atoms with Crippen LogP contribution in [0.15, 0.2) is 48.7 Å². The van der Waals surface area contributed by atoms with Crippen LogP contribution in [0.1, 0.15) is 12.8 Å². The summed E-state index contributed by atoms with van der Waals surface area (Å²) in [4.78, 5) is 11.8. The molecule has 0 radical (unpaired) electrons. The first kappa shape index (κ1) is 15.6. The molecule has 5 heteroatoms. The largest absolute Gasteiger partial charge is 0.396 e. The molecule has 0 bridgehead atoms. The van der Waals surface area contributed by atoms with E-state index >= 15 is 0 Å². The minimum Gasteiger partial charge on any atom is -0.396 e. The summed E-state index contributed by atoms with van der Waals surface area (Å²) in [5.74, 6) is 0.169. The number of hydrogen-bond donors (Lipinski definition) is 3. The first-order valence-corrected chi connectivity index (χ1v) is 8.13. The van der Waals surface area contributed by atoms with E-state index in [-0.39, 0.29) is 24.6 Å². The fourth-order valence-corrected chi connectivity index (χ4v) is 3.02. The number of aliphatic hydroxyl groups excluding tert-OH is 1. The van der Waals surface area contributed by atoms with E-state index in [2.05, 4.69) is 39.6 Å². The number of aryl methyl sites for hydroxylation is 1. The molecular weight excluding hydrogens is 290 g/mol. The van der Waals surface area contributed by atoms with Gasteiger partial charge in [0.15, 0.2) is 0 Å². The van der Waals surface area contributed by atoms with Crippen LogP contribution in [-0.4, -0.2) is 34.9 Å². The highest BCUT2D eigenvalue weighted by molar-refractivity contribution is 5.79. The number of nitrogens with one attached hydrogen (secondary N) is 2. The van der Waals surface area contributed by atoms with Gasteiger partial charge in [-0.2, -0.15) is 0 Å². The molecule has 1 aliphatic rings. The van der Waals surface area contributed by atoms with Crippen molar-refractivity contribution in [1.29, 1.82) is 0 Å². The minimum absolute atomic E-state index is 0.0283. The van der Waals surface area contributed by atoms with Gasteiger partial charge in [0.25, 0.3) is 0 Å². The maximum atomic E-state index is 11.8. The highest BCUT2D eigenvalue weighted by Gasteiger charge is 2.19. The summed E-state index contributed by atoms with van der Waals surface area (Å²) >= 11 is 0. The van der Waals surface area contributed by atoms with Gasteiger partial charge in [-0.3, -0.25) is 0 Å². The normalized spacial score (nSPS) is 20.0. The van der Waals surface area contributed by atoms with E-state index in [1.807, 2.05) is 24.3 Å². The molecule has 2 atom stereocenters. The van der Waals surface area contributed by atoms with Crippen molar-refractivity contribution in [3.8, 4) is 0 Å². The first-order chi connectivity index (χ1) is 11.3. The number of aromatic nitrogens is 1. The Morgan fingerprint density at radius 1 is 1.26 bits per heavy atom. The van der Waals surface area contributed by atoms with Gasteiger partial charge in [-0.1, -0.05) is 30.4 Å². The highest BCUT2D eigenvalue weighted by atomic mass is 16.3. The molecule has 0 saturated heterocycles. The summed E-state index contributed by atoms with van der Waals surface area (Å²) in [6.07, 6.45) is 7.66. The van der Waals surface area contributed by atoms with E-state index in [0.717, 1.165) is 19.4 Å². The Hall–Kier alpha value is -2.27. The number of amides is 2. The summed E-state index contributed by atoms with van der Waals surface area (Å²) < 4.78 is 2.21. The molecule has 2 aromatic rings. The predicted octanol–water partition coefficient (Wildman–Crippen LogP) is 2.27. The highest BCUT2D eigenvalue weighted by Crippen LogP contribution is 2.17. The fourth-order valence-electron chi connectivity index (χ4n) is 3.02. The zero-order valence-electron chi connectivity index (χ0n) is 13.1.